The second-order valence-electron chi connectivity index (χ2n) is 17.5. The van der Waals surface area contributed by atoms with E-state index >= 15 is 0 Å². The number of aliphatic hydroxyl groups excluding tert-OH is 2. The van der Waals surface area contributed by atoms with Gasteiger partial charge in [0.25, 0.3) is 0 Å². The number of hydrogen-bond donors (Lipinski definition) is 3. The third-order valence-corrected chi connectivity index (χ3v) is 13.3. The molecule has 0 unspecified atom stereocenters. The first-order valence-electron chi connectivity index (χ1n) is 22.8. The van der Waals surface area contributed by atoms with E-state index in [1.807, 2.05) is 19.9 Å². The molecule has 8 heteroatoms. The molecule has 1 fully saturated rings. The van der Waals surface area contributed by atoms with Gasteiger partial charge in [-0.15, -0.1) is 0 Å². The number of esters is 1. The van der Waals surface area contributed by atoms with Crippen LogP contribution in [-0.2, 0) is 9.53 Å². The van der Waals surface area contributed by atoms with E-state index in [0.717, 1.165) is 109 Å². The smallest absolute Gasteiger partial charge is 0.305 e. The monoisotopic (exact) mass is 791 g/mol. The maximum Gasteiger partial charge on any atom is 0.305 e. The molecule has 0 aromatic rings. The van der Waals surface area contributed by atoms with Crippen molar-refractivity contribution in [3.05, 3.63) is 91.0 Å². The molecule has 0 spiro atoms. The lowest BCUT2D eigenvalue weighted by molar-refractivity contribution is -0.144. The summed E-state index contributed by atoms with van der Waals surface area (Å²) in [6.07, 6.45) is 23.6. The molecular weight excluding hydrogens is 721 g/mol. The van der Waals surface area contributed by atoms with Gasteiger partial charge < -0.3 is 20.3 Å². The van der Waals surface area contributed by atoms with E-state index < -0.39 is 6.10 Å². The third-order valence-electron chi connectivity index (χ3n) is 13.3. The minimum absolute atomic E-state index is 0.0156. The number of nitrogens with zero attached hydrogens (tertiary/aromatic N) is 3. The molecule has 1 aliphatic carbocycles. The molecule has 3 N–H and O–H groups in total. The Morgan fingerprint density at radius 1 is 0.793 bits per heavy atom. The van der Waals surface area contributed by atoms with Crippen molar-refractivity contribution in [3.63, 3.8) is 0 Å². The van der Waals surface area contributed by atoms with Gasteiger partial charge in [-0.1, -0.05) is 104 Å². The molecule has 5 aliphatic heterocycles. The van der Waals surface area contributed by atoms with Crippen LogP contribution in [0.25, 0.3) is 0 Å². The molecule has 58 heavy (non-hydrogen) atoms. The van der Waals surface area contributed by atoms with E-state index in [0.29, 0.717) is 31.6 Å². The van der Waals surface area contributed by atoms with Gasteiger partial charge >= 0.3 is 5.97 Å². The summed E-state index contributed by atoms with van der Waals surface area (Å²) in [7, 11) is 0. The predicted octanol–water partition coefficient (Wildman–Crippen LogP) is 12.2. The first-order chi connectivity index (χ1) is 28.0. The van der Waals surface area contributed by atoms with Gasteiger partial charge in [-0.05, 0) is 93.9 Å². The number of allylic oxidation sites excluding steroid dienone is 11. The number of unbranched alkanes of at least 4 members (excludes halogenated alkanes) is 13. The first kappa shape index (κ1) is 43.5. The fourth-order valence-electron chi connectivity index (χ4n) is 9.91. The van der Waals surface area contributed by atoms with Crippen LogP contribution in [0, 0.1) is 11.8 Å². The maximum atomic E-state index is 13.2. The molecule has 0 aromatic heterocycles. The number of aliphatic hydroxyl groups is 2. The van der Waals surface area contributed by atoms with Gasteiger partial charge in [-0.2, -0.15) is 0 Å². The number of ether oxygens (including phenoxy) is 1. The van der Waals surface area contributed by atoms with Gasteiger partial charge in [-0.3, -0.25) is 4.79 Å². The standard InChI is InChI=1S/C50H70N4O4/c1-9-11-12-13-14-15-16-17-18-19-20-21-22-23-26-58-44(57)25-24-37-31(4)47-34(7)48-33(6)45(35(8)55)42(53-48)29-39-30(3)36(10-2)41(51-39)28-40-32(5)46-43(56)27-38(49(37)54-47)50(46)52-40/h28-29,31,35,37,54-56H,9-27H2,1-8H3/t31-,35+,37-/m0/s1. The summed E-state index contributed by atoms with van der Waals surface area (Å²) >= 11 is 0. The number of fused-ring (bicyclic) bond motifs is 5. The zero-order valence-corrected chi connectivity index (χ0v) is 36.9. The Morgan fingerprint density at radius 3 is 2.05 bits per heavy atom. The normalized spacial score (nSPS) is 22.0. The highest BCUT2D eigenvalue weighted by Gasteiger charge is 2.42. The molecular formula is C50H70N4O4. The Balaban J connectivity index is 1.16. The van der Waals surface area contributed by atoms with Crippen molar-refractivity contribution in [2.75, 3.05) is 6.61 Å². The largest absolute Gasteiger partial charge is 0.511 e. The summed E-state index contributed by atoms with van der Waals surface area (Å²) in [5.41, 5.74) is 14.7. The summed E-state index contributed by atoms with van der Waals surface area (Å²) in [5, 5.41) is 26.3. The number of nitrogens with one attached hydrogen (secondary N) is 1. The lowest BCUT2D eigenvalue weighted by Gasteiger charge is -2.18. The van der Waals surface area contributed by atoms with Crippen molar-refractivity contribution < 1.29 is 19.7 Å². The number of carbonyl (C=O) groups excluding carboxylic acids is 1. The first-order valence-corrected chi connectivity index (χ1v) is 22.8. The number of rotatable bonds is 20. The zero-order valence-electron chi connectivity index (χ0n) is 36.9. The molecule has 1 saturated heterocycles. The van der Waals surface area contributed by atoms with Crippen LogP contribution < -0.4 is 5.32 Å². The highest BCUT2D eigenvalue weighted by Crippen LogP contribution is 2.47. The highest BCUT2D eigenvalue weighted by atomic mass is 16.5. The van der Waals surface area contributed by atoms with Gasteiger partial charge in [0.15, 0.2) is 0 Å². The van der Waals surface area contributed by atoms with Crippen LogP contribution in [0.3, 0.4) is 0 Å². The second-order valence-corrected chi connectivity index (χ2v) is 17.5. The van der Waals surface area contributed by atoms with Crippen molar-refractivity contribution in [1.29, 1.82) is 0 Å². The summed E-state index contributed by atoms with van der Waals surface area (Å²) in [5.74, 6) is 0.197. The lowest BCUT2D eigenvalue weighted by atomic mass is 9.85. The average molecular weight is 791 g/mol. The van der Waals surface area contributed by atoms with Crippen LogP contribution in [0.5, 0.6) is 0 Å². The van der Waals surface area contributed by atoms with Gasteiger partial charge in [0.1, 0.15) is 5.76 Å². The molecule has 0 aromatic carbocycles. The van der Waals surface area contributed by atoms with E-state index in [-0.39, 0.29) is 17.8 Å². The van der Waals surface area contributed by atoms with Gasteiger partial charge in [-0.25, -0.2) is 15.0 Å². The number of carbonyl (C=O) groups is 1. The quantitative estimate of drug-likeness (QED) is 0.0839. The van der Waals surface area contributed by atoms with Crippen LogP contribution in [0.1, 0.15) is 171 Å². The molecule has 0 amide bonds. The second kappa shape index (κ2) is 19.8. The van der Waals surface area contributed by atoms with Crippen LogP contribution >= 0.6 is 0 Å². The average Bonchev–Trinajstić information content (AvgIpc) is 3.96. The Morgan fingerprint density at radius 2 is 1.43 bits per heavy atom. The Kier molecular flexibility index (Phi) is 14.9. The van der Waals surface area contributed by atoms with Gasteiger partial charge in [0.05, 0.1) is 46.9 Å². The maximum absolute atomic E-state index is 13.2. The number of hydrogen-bond acceptors (Lipinski definition) is 8. The van der Waals surface area contributed by atoms with Crippen LogP contribution in [0.15, 0.2) is 106 Å². The van der Waals surface area contributed by atoms with E-state index in [2.05, 4.69) is 46.0 Å². The zero-order chi connectivity index (χ0) is 41.5. The minimum Gasteiger partial charge on any atom is -0.511 e. The predicted molar refractivity (Wildman–Crippen MR) is 239 cm³/mol. The molecule has 0 saturated carbocycles. The highest BCUT2D eigenvalue weighted by molar-refractivity contribution is 6.21. The lowest BCUT2D eigenvalue weighted by Crippen LogP contribution is -2.16. The SMILES string of the molecule is CCCCCCCCCCCCCCCCOC(=O)CC[C@@H]1C2=C3CC(O)=C4C3=NC(=C4C)C=C3N=C(C=C4N=C(C(C)=C(N2)[C@H]1C)C(C)=C4[C@@H](C)O)C(C)=C3CC. The molecule has 3 atom stereocenters. The van der Waals surface area contributed by atoms with Crippen molar-refractivity contribution in [2.24, 2.45) is 26.8 Å². The molecule has 5 heterocycles. The Bertz CT molecular complexity index is 1990. The van der Waals surface area contributed by atoms with Crippen molar-refractivity contribution in [1.82, 2.24) is 5.32 Å². The summed E-state index contributed by atoms with van der Waals surface area (Å²) < 4.78 is 5.79. The molecule has 6 rings (SSSR count). The van der Waals surface area contributed by atoms with E-state index in [9.17, 15) is 15.0 Å². The molecule has 8 bridgehead atoms. The van der Waals surface area contributed by atoms with E-state index in [1.54, 1.807) is 6.92 Å². The Hall–Kier alpha value is -4.04. The fourth-order valence-corrected chi connectivity index (χ4v) is 9.91. The van der Waals surface area contributed by atoms with E-state index in [1.165, 1.54) is 77.0 Å². The fraction of sp³-hybridized carbons (Fsp3) is 0.600. The number of aliphatic imine (C=N–C) groups is 3. The van der Waals surface area contributed by atoms with Crippen LogP contribution in [-0.4, -0.2) is 46.0 Å². The molecule has 6 aliphatic rings. The van der Waals surface area contributed by atoms with Crippen molar-refractivity contribution in [3.8, 4) is 0 Å². The van der Waals surface area contributed by atoms with E-state index in [4.69, 9.17) is 19.7 Å². The van der Waals surface area contributed by atoms with Crippen LogP contribution in [0.4, 0.5) is 0 Å². The summed E-state index contributed by atoms with van der Waals surface area (Å²) in [6.45, 7) is 17.2. The van der Waals surface area contributed by atoms with Gasteiger partial charge in [0.2, 0.25) is 0 Å². The van der Waals surface area contributed by atoms with Crippen molar-refractivity contribution in [2.45, 2.75) is 177 Å². The summed E-state index contributed by atoms with van der Waals surface area (Å²) in [4.78, 5) is 28.7. The minimum atomic E-state index is -0.709. The molecule has 8 nitrogen and oxygen atoms in total. The van der Waals surface area contributed by atoms with Crippen LogP contribution in [0.2, 0.25) is 0 Å². The van der Waals surface area contributed by atoms with Crippen molar-refractivity contribution >= 4 is 23.1 Å². The third kappa shape index (κ3) is 9.38. The van der Waals surface area contributed by atoms with Gasteiger partial charge in [0, 0.05) is 52.8 Å². The molecule has 314 valence electrons. The molecule has 0 radical (unpaired) electrons. The summed E-state index contributed by atoms with van der Waals surface area (Å²) in [6, 6.07) is 0. The Labute approximate surface area is 348 Å². The topological polar surface area (TPSA) is 116 Å².